The molecular formula is C10H6F8S. The van der Waals surface area contributed by atoms with E-state index in [4.69, 9.17) is 0 Å². The lowest BCUT2D eigenvalue weighted by Crippen LogP contribution is -2.47. The average molecular weight is 310 g/mol. The molecule has 1 aromatic rings. The average Bonchev–Trinajstić information content (AvgIpc) is 2.11. The van der Waals surface area contributed by atoms with Crippen LogP contribution in [0.25, 0.3) is 0 Å². The molecule has 0 atom stereocenters. The highest BCUT2D eigenvalue weighted by Gasteiger charge is 2.69. The van der Waals surface area contributed by atoms with Gasteiger partial charge in [0, 0.05) is 4.90 Å². The zero-order valence-electron chi connectivity index (χ0n) is 8.90. The standard InChI is InChI=1S/C10H6F8S/c11-8(12,13)7(9(14,15)16)10(17,18)19-6-4-2-1-3-5-6/h1-5,7H. The fourth-order valence-corrected chi connectivity index (χ4v) is 2.26. The molecule has 0 bridgehead atoms. The largest absolute Gasteiger partial charge is 0.407 e. The summed E-state index contributed by atoms with van der Waals surface area (Å²) in [4.78, 5) is -0.383. The second kappa shape index (κ2) is 5.18. The molecule has 0 aliphatic carbocycles. The van der Waals surface area contributed by atoms with Crippen LogP contribution in [0.1, 0.15) is 0 Å². The molecule has 0 unspecified atom stereocenters. The lowest BCUT2D eigenvalue weighted by atomic mass is 10.1. The Balaban J connectivity index is 3.07. The van der Waals surface area contributed by atoms with Crippen LogP contribution >= 0.6 is 11.8 Å². The fraction of sp³-hybridized carbons (Fsp3) is 0.400. The second-order valence-corrected chi connectivity index (χ2v) is 4.71. The molecule has 0 aromatic heterocycles. The normalized spacial score (nSPS) is 13.9. The van der Waals surface area contributed by atoms with Crippen molar-refractivity contribution in [3.05, 3.63) is 30.3 Å². The third-order valence-corrected chi connectivity index (χ3v) is 3.00. The molecule has 19 heavy (non-hydrogen) atoms. The zero-order valence-corrected chi connectivity index (χ0v) is 9.71. The minimum atomic E-state index is -6.08. The molecule has 0 fully saturated rings. The van der Waals surface area contributed by atoms with Gasteiger partial charge in [-0.3, -0.25) is 0 Å². The van der Waals surface area contributed by atoms with Crippen molar-refractivity contribution in [1.82, 2.24) is 0 Å². The minimum Gasteiger partial charge on any atom is -0.193 e. The molecule has 0 amide bonds. The van der Waals surface area contributed by atoms with E-state index >= 15 is 0 Å². The minimum absolute atomic E-state index is 0.383. The van der Waals surface area contributed by atoms with Gasteiger partial charge < -0.3 is 0 Å². The number of benzene rings is 1. The molecule has 0 heterocycles. The van der Waals surface area contributed by atoms with E-state index in [9.17, 15) is 35.1 Å². The van der Waals surface area contributed by atoms with Crippen molar-refractivity contribution in [2.24, 2.45) is 5.92 Å². The van der Waals surface area contributed by atoms with Crippen molar-refractivity contribution in [2.75, 3.05) is 0 Å². The fourth-order valence-electron chi connectivity index (χ4n) is 1.27. The van der Waals surface area contributed by atoms with Crippen molar-refractivity contribution in [3.8, 4) is 0 Å². The number of halogens is 8. The first-order valence-corrected chi connectivity index (χ1v) is 5.51. The Kier molecular flexibility index (Phi) is 4.38. The van der Waals surface area contributed by atoms with Gasteiger partial charge in [-0.15, -0.1) is 0 Å². The van der Waals surface area contributed by atoms with Crippen LogP contribution in [0.5, 0.6) is 0 Å². The van der Waals surface area contributed by atoms with Gasteiger partial charge in [0.25, 0.3) is 0 Å². The van der Waals surface area contributed by atoms with E-state index in [1.807, 2.05) is 0 Å². The van der Waals surface area contributed by atoms with Crippen LogP contribution in [-0.2, 0) is 0 Å². The Hall–Kier alpha value is -0.990. The molecule has 0 radical (unpaired) electrons. The summed E-state index contributed by atoms with van der Waals surface area (Å²) in [5.74, 6) is -4.71. The van der Waals surface area contributed by atoms with Crippen molar-refractivity contribution in [3.63, 3.8) is 0 Å². The Morgan fingerprint density at radius 1 is 0.737 bits per heavy atom. The number of hydrogen-bond acceptors (Lipinski definition) is 1. The van der Waals surface area contributed by atoms with Crippen LogP contribution in [0.3, 0.4) is 0 Å². The molecule has 0 nitrogen and oxygen atoms in total. The van der Waals surface area contributed by atoms with Gasteiger partial charge in [0.1, 0.15) is 0 Å². The monoisotopic (exact) mass is 310 g/mol. The van der Waals surface area contributed by atoms with Gasteiger partial charge in [-0.1, -0.05) is 30.0 Å². The summed E-state index contributed by atoms with van der Waals surface area (Å²) >= 11 is -0.766. The molecule has 1 rings (SSSR count). The van der Waals surface area contributed by atoms with Crippen LogP contribution in [0.15, 0.2) is 35.2 Å². The summed E-state index contributed by atoms with van der Waals surface area (Å²) in [7, 11) is 0. The maximum atomic E-state index is 13.3. The van der Waals surface area contributed by atoms with Gasteiger partial charge in [0.2, 0.25) is 5.92 Å². The lowest BCUT2D eigenvalue weighted by molar-refractivity contribution is -0.318. The quantitative estimate of drug-likeness (QED) is 0.552. The van der Waals surface area contributed by atoms with Crippen LogP contribution in [0.4, 0.5) is 35.1 Å². The molecule has 9 heteroatoms. The number of rotatable bonds is 3. The van der Waals surface area contributed by atoms with Gasteiger partial charge in [-0.05, 0) is 12.1 Å². The highest BCUT2D eigenvalue weighted by Crippen LogP contribution is 2.54. The molecule has 0 spiro atoms. The second-order valence-electron chi connectivity index (χ2n) is 3.49. The summed E-state index contributed by atoms with van der Waals surface area (Å²) < 4.78 is 99.8. The number of alkyl halides is 8. The third-order valence-electron chi connectivity index (χ3n) is 1.99. The van der Waals surface area contributed by atoms with E-state index in [0.29, 0.717) is 0 Å². The Labute approximate surface area is 106 Å². The van der Waals surface area contributed by atoms with Gasteiger partial charge >= 0.3 is 17.6 Å². The van der Waals surface area contributed by atoms with E-state index < -0.39 is 35.3 Å². The summed E-state index contributed by atoms with van der Waals surface area (Å²) in [5, 5.41) is -5.04. The Bertz CT molecular complexity index is 394. The van der Waals surface area contributed by atoms with Gasteiger partial charge in [-0.25, -0.2) is 0 Å². The SMILES string of the molecule is FC(F)(F)C(C(F)(F)F)C(F)(F)Sc1ccccc1. The van der Waals surface area contributed by atoms with Crippen molar-refractivity contribution in [2.45, 2.75) is 22.5 Å². The molecule has 0 aliphatic heterocycles. The molecule has 1 aromatic carbocycles. The van der Waals surface area contributed by atoms with Crippen LogP contribution in [0.2, 0.25) is 0 Å². The summed E-state index contributed by atoms with van der Waals surface area (Å²) in [6.07, 6.45) is -12.2. The van der Waals surface area contributed by atoms with Gasteiger partial charge in [0.15, 0.2) is 0 Å². The van der Waals surface area contributed by atoms with E-state index in [1.54, 1.807) is 0 Å². The van der Waals surface area contributed by atoms with E-state index in [2.05, 4.69) is 0 Å². The third kappa shape index (κ3) is 4.26. The van der Waals surface area contributed by atoms with Gasteiger partial charge in [0.05, 0.1) is 0 Å². The molecule has 108 valence electrons. The highest BCUT2D eigenvalue weighted by molar-refractivity contribution is 8.00. The van der Waals surface area contributed by atoms with Crippen LogP contribution in [0, 0.1) is 5.92 Å². The maximum absolute atomic E-state index is 13.3. The topological polar surface area (TPSA) is 0 Å². The first-order chi connectivity index (χ1) is 8.44. The highest BCUT2D eigenvalue weighted by atomic mass is 32.2. The summed E-state index contributed by atoms with van der Waals surface area (Å²) in [6.45, 7) is 0. The smallest absolute Gasteiger partial charge is 0.193 e. The zero-order chi connectivity index (χ0) is 14.9. The number of hydrogen-bond donors (Lipinski definition) is 0. The van der Waals surface area contributed by atoms with Crippen molar-refractivity contribution in [1.29, 1.82) is 0 Å². The molecular weight excluding hydrogens is 304 g/mol. The predicted octanol–water partition coefficient (Wildman–Crippen LogP) is 5.11. The van der Waals surface area contributed by atoms with Crippen LogP contribution in [-0.4, -0.2) is 17.6 Å². The van der Waals surface area contributed by atoms with Gasteiger partial charge in [-0.2, -0.15) is 35.1 Å². The van der Waals surface area contributed by atoms with Crippen LogP contribution < -0.4 is 0 Å². The molecule has 0 aliphatic rings. The first-order valence-electron chi connectivity index (χ1n) is 4.70. The molecule has 0 saturated carbocycles. The molecule has 0 N–H and O–H groups in total. The van der Waals surface area contributed by atoms with E-state index in [0.717, 1.165) is 12.1 Å². The summed E-state index contributed by atoms with van der Waals surface area (Å²) in [5.41, 5.74) is 0. The maximum Gasteiger partial charge on any atom is 0.407 e. The summed E-state index contributed by atoms with van der Waals surface area (Å²) in [6, 6.07) is 5.86. The van der Waals surface area contributed by atoms with Crippen molar-refractivity contribution < 1.29 is 35.1 Å². The predicted molar refractivity (Wildman–Crippen MR) is 52.8 cm³/mol. The Morgan fingerprint density at radius 2 is 1.16 bits per heavy atom. The Morgan fingerprint density at radius 3 is 1.53 bits per heavy atom. The van der Waals surface area contributed by atoms with E-state index in [-0.39, 0.29) is 4.90 Å². The first kappa shape index (κ1) is 16.1. The van der Waals surface area contributed by atoms with Crippen molar-refractivity contribution >= 4 is 11.8 Å². The number of thioether (sulfide) groups is 1. The molecule has 0 saturated heterocycles. The van der Waals surface area contributed by atoms with E-state index in [1.165, 1.54) is 18.2 Å². The lowest BCUT2D eigenvalue weighted by Gasteiger charge is -2.29.